The van der Waals surface area contributed by atoms with E-state index in [9.17, 15) is 4.79 Å². The summed E-state index contributed by atoms with van der Waals surface area (Å²) in [6.45, 7) is 1.36. The van der Waals surface area contributed by atoms with E-state index in [2.05, 4.69) is 4.98 Å². The Kier molecular flexibility index (Phi) is 2.57. The highest BCUT2D eigenvalue weighted by Gasteiger charge is 2.22. The van der Waals surface area contributed by atoms with E-state index in [1.54, 1.807) is 6.20 Å². The monoisotopic (exact) mass is 230 g/mol. The van der Waals surface area contributed by atoms with Crippen LogP contribution in [0.15, 0.2) is 41.3 Å². The third kappa shape index (κ3) is 1.80. The van der Waals surface area contributed by atoms with Crippen LogP contribution >= 0.6 is 0 Å². The lowest BCUT2D eigenvalue weighted by Gasteiger charge is -2.12. The SMILES string of the molecule is O=c1[nH]cc(-c2ccccc2)n1C1CCOC1. The summed E-state index contributed by atoms with van der Waals surface area (Å²) >= 11 is 0. The minimum atomic E-state index is -0.0562. The van der Waals surface area contributed by atoms with Gasteiger partial charge >= 0.3 is 5.69 Å². The fraction of sp³-hybridized carbons (Fsp3) is 0.308. The van der Waals surface area contributed by atoms with Gasteiger partial charge in [-0.25, -0.2) is 4.79 Å². The Morgan fingerprint density at radius 3 is 2.82 bits per heavy atom. The van der Waals surface area contributed by atoms with Crippen LogP contribution in [0.4, 0.5) is 0 Å². The van der Waals surface area contributed by atoms with Gasteiger partial charge in [0.15, 0.2) is 0 Å². The van der Waals surface area contributed by atoms with Crippen molar-refractivity contribution in [1.29, 1.82) is 0 Å². The maximum absolute atomic E-state index is 11.9. The van der Waals surface area contributed by atoms with Crippen LogP contribution in [0.5, 0.6) is 0 Å². The number of nitrogens with one attached hydrogen (secondary N) is 1. The summed E-state index contributed by atoms with van der Waals surface area (Å²) in [5.74, 6) is 0. The number of ether oxygens (including phenoxy) is 1. The second-order valence-electron chi connectivity index (χ2n) is 4.23. The number of aromatic amines is 1. The molecule has 88 valence electrons. The van der Waals surface area contributed by atoms with E-state index >= 15 is 0 Å². The minimum Gasteiger partial charge on any atom is -0.379 e. The molecular formula is C13H14N2O2. The van der Waals surface area contributed by atoms with Crippen LogP contribution in [0.2, 0.25) is 0 Å². The molecule has 1 fully saturated rings. The van der Waals surface area contributed by atoms with E-state index in [0.717, 1.165) is 24.3 Å². The van der Waals surface area contributed by atoms with E-state index in [-0.39, 0.29) is 11.7 Å². The van der Waals surface area contributed by atoms with Crippen LogP contribution in [0.1, 0.15) is 12.5 Å². The van der Waals surface area contributed by atoms with Crippen molar-refractivity contribution in [2.75, 3.05) is 13.2 Å². The molecule has 4 nitrogen and oxygen atoms in total. The summed E-state index contributed by atoms with van der Waals surface area (Å²) in [5.41, 5.74) is 1.93. The molecule has 3 rings (SSSR count). The van der Waals surface area contributed by atoms with Crippen LogP contribution in [-0.4, -0.2) is 22.8 Å². The fourth-order valence-corrected chi connectivity index (χ4v) is 2.30. The zero-order valence-corrected chi connectivity index (χ0v) is 9.43. The molecule has 1 aliphatic rings. The Morgan fingerprint density at radius 2 is 2.12 bits per heavy atom. The van der Waals surface area contributed by atoms with Gasteiger partial charge in [-0.1, -0.05) is 30.3 Å². The number of H-pyrrole nitrogens is 1. The van der Waals surface area contributed by atoms with Crippen molar-refractivity contribution >= 4 is 0 Å². The second kappa shape index (κ2) is 4.22. The molecule has 0 amide bonds. The number of hydrogen-bond donors (Lipinski definition) is 1. The maximum Gasteiger partial charge on any atom is 0.326 e. The van der Waals surface area contributed by atoms with Gasteiger partial charge in [-0.05, 0) is 12.0 Å². The Morgan fingerprint density at radius 1 is 1.29 bits per heavy atom. The molecule has 2 heterocycles. The predicted octanol–water partition coefficient (Wildman–Crippen LogP) is 1.80. The van der Waals surface area contributed by atoms with Crippen molar-refractivity contribution in [3.8, 4) is 11.3 Å². The molecule has 0 aliphatic carbocycles. The highest BCUT2D eigenvalue weighted by molar-refractivity contribution is 5.58. The van der Waals surface area contributed by atoms with Crippen molar-refractivity contribution in [1.82, 2.24) is 9.55 Å². The molecule has 1 aliphatic heterocycles. The van der Waals surface area contributed by atoms with Crippen molar-refractivity contribution in [2.45, 2.75) is 12.5 Å². The highest BCUT2D eigenvalue weighted by Crippen LogP contribution is 2.24. The van der Waals surface area contributed by atoms with Gasteiger partial charge in [0.1, 0.15) is 0 Å². The molecule has 1 aromatic carbocycles. The van der Waals surface area contributed by atoms with Crippen LogP contribution in [-0.2, 0) is 4.74 Å². The molecule has 0 bridgehead atoms. The average molecular weight is 230 g/mol. The molecule has 0 spiro atoms. The Labute approximate surface area is 98.9 Å². The Hall–Kier alpha value is -1.81. The molecular weight excluding hydrogens is 216 g/mol. The molecule has 1 unspecified atom stereocenters. The van der Waals surface area contributed by atoms with E-state index in [4.69, 9.17) is 4.74 Å². The highest BCUT2D eigenvalue weighted by atomic mass is 16.5. The molecule has 1 N–H and O–H groups in total. The predicted molar refractivity (Wildman–Crippen MR) is 65.0 cm³/mol. The topological polar surface area (TPSA) is 47.0 Å². The quantitative estimate of drug-likeness (QED) is 0.855. The standard InChI is InChI=1S/C13H14N2O2/c16-13-14-8-12(10-4-2-1-3-5-10)15(13)11-6-7-17-9-11/h1-5,8,11H,6-7,9H2,(H,14,16). The van der Waals surface area contributed by atoms with Gasteiger partial charge in [-0.15, -0.1) is 0 Å². The van der Waals surface area contributed by atoms with Crippen LogP contribution in [0.25, 0.3) is 11.3 Å². The largest absolute Gasteiger partial charge is 0.379 e. The molecule has 0 radical (unpaired) electrons. The van der Waals surface area contributed by atoms with Crippen LogP contribution in [0.3, 0.4) is 0 Å². The molecule has 4 heteroatoms. The van der Waals surface area contributed by atoms with Gasteiger partial charge < -0.3 is 9.72 Å². The van der Waals surface area contributed by atoms with Crippen molar-refractivity contribution < 1.29 is 4.74 Å². The molecule has 17 heavy (non-hydrogen) atoms. The lowest BCUT2D eigenvalue weighted by molar-refractivity contribution is 0.186. The van der Waals surface area contributed by atoms with Crippen molar-refractivity contribution in [3.63, 3.8) is 0 Å². The first-order chi connectivity index (χ1) is 8.36. The van der Waals surface area contributed by atoms with E-state index in [0.29, 0.717) is 6.61 Å². The first-order valence-electron chi connectivity index (χ1n) is 5.79. The van der Waals surface area contributed by atoms with Gasteiger partial charge in [0.2, 0.25) is 0 Å². The van der Waals surface area contributed by atoms with Crippen LogP contribution in [0, 0.1) is 0 Å². The van der Waals surface area contributed by atoms with Gasteiger partial charge in [0, 0.05) is 12.8 Å². The van der Waals surface area contributed by atoms with E-state index in [1.165, 1.54) is 0 Å². The number of benzene rings is 1. The zero-order chi connectivity index (χ0) is 11.7. The van der Waals surface area contributed by atoms with Crippen LogP contribution < -0.4 is 5.69 Å². The molecule has 1 atom stereocenters. The third-order valence-corrected chi connectivity index (χ3v) is 3.15. The summed E-state index contributed by atoms with van der Waals surface area (Å²) in [5, 5.41) is 0. The molecule has 1 aromatic heterocycles. The molecule has 0 saturated carbocycles. The molecule has 1 saturated heterocycles. The zero-order valence-electron chi connectivity index (χ0n) is 9.43. The summed E-state index contributed by atoms with van der Waals surface area (Å²) in [4.78, 5) is 14.6. The maximum atomic E-state index is 11.9. The second-order valence-corrected chi connectivity index (χ2v) is 4.23. The van der Waals surface area contributed by atoms with Gasteiger partial charge in [0.05, 0.1) is 18.3 Å². The smallest absolute Gasteiger partial charge is 0.326 e. The summed E-state index contributed by atoms with van der Waals surface area (Å²) in [6, 6.07) is 10.1. The normalized spacial score (nSPS) is 19.6. The average Bonchev–Trinajstić information content (AvgIpc) is 2.99. The summed E-state index contributed by atoms with van der Waals surface area (Å²) < 4.78 is 7.16. The number of aromatic nitrogens is 2. The van der Waals surface area contributed by atoms with Gasteiger partial charge in [-0.2, -0.15) is 0 Å². The number of rotatable bonds is 2. The Balaban J connectivity index is 2.09. The van der Waals surface area contributed by atoms with Crippen molar-refractivity contribution in [2.24, 2.45) is 0 Å². The van der Waals surface area contributed by atoms with Crippen molar-refractivity contribution in [3.05, 3.63) is 47.0 Å². The summed E-state index contributed by atoms with van der Waals surface area (Å²) in [6.07, 6.45) is 2.67. The fourth-order valence-electron chi connectivity index (χ4n) is 2.30. The van der Waals surface area contributed by atoms with Gasteiger partial charge in [-0.3, -0.25) is 4.57 Å². The number of hydrogen-bond acceptors (Lipinski definition) is 2. The first-order valence-corrected chi connectivity index (χ1v) is 5.79. The first kappa shape index (κ1) is 10.4. The third-order valence-electron chi connectivity index (χ3n) is 3.15. The number of imidazole rings is 1. The summed E-state index contributed by atoms with van der Waals surface area (Å²) in [7, 11) is 0. The van der Waals surface area contributed by atoms with Gasteiger partial charge in [0.25, 0.3) is 0 Å². The Bertz CT molecular complexity index is 550. The lowest BCUT2D eigenvalue weighted by Crippen LogP contribution is -2.23. The number of nitrogens with zero attached hydrogens (tertiary/aromatic N) is 1. The molecule has 2 aromatic rings. The minimum absolute atomic E-state index is 0.0562. The van der Waals surface area contributed by atoms with E-state index in [1.807, 2.05) is 34.9 Å². The lowest BCUT2D eigenvalue weighted by atomic mass is 10.1. The van der Waals surface area contributed by atoms with E-state index < -0.39 is 0 Å².